The molecule has 4 heteroatoms. The van der Waals surface area contributed by atoms with E-state index < -0.39 is 0 Å². The first-order valence-corrected chi connectivity index (χ1v) is 12.9. The second-order valence-corrected chi connectivity index (χ2v) is 14.8. The molecule has 0 aliphatic rings. The lowest BCUT2D eigenvalue weighted by molar-refractivity contribution is 0.401. The summed E-state index contributed by atoms with van der Waals surface area (Å²) < 4.78 is 11.4. The van der Waals surface area contributed by atoms with Crippen molar-refractivity contribution in [2.24, 2.45) is 0 Å². The molecular weight excluding hydrogens is 432 g/mol. The summed E-state index contributed by atoms with van der Waals surface area (Å²) in [4.78, 5) is 2.35. The number of hydrogen-bond donors (Lipinski definition) is 0. The van der Waals surface area contributed by atoms with E-state index in [9.17, 15) is 0 Å². The maximum absolute atomic E-state index is 5.79. The lowest BCUT2D eigenvalue weighted by atomic mass is 9.87. The van der Waals surface area contributed by atoms with Gasteiger partial charge in [-0.2, -0.15) is 0 Å². The zero-order chi connectivity index (χ0) is 24.5. The molecule has 0 aliphatic heterocycles. The second kappa shape index (κ2) is 9.54. The highest BCUT2D eigenvalue weighted by Crippen LogP contribution is 2.53. The summed E-state index contributed by atoms with van der Waals surface area (Å²) in [7, 11) is 3.53. The molecule has 0 unspecified atom stereocenters. The largest absolute Gasteiger partial charge is 0.496 e. The predicted molar refractivity (Wildman–Crippen MR) is 143 cm³/mol. The Balaban J connectivity index is 2.34. The van der Waals surface area contributed by atoms with Crippen molar-refractivity contribution in [2.75, 3.05) is 14.2 Å². The quantitative estimate of drug-likeness (QED) is 0.373. The Hall–Kier alpha value is -1.26. The highest BCUT2D eigenvalue weighted by Gasteiger charge is 2.40. The van der Waals surface area contributed by atoms with Crippen molar-refractivity contribution in [1.82, 2.24) is 0 Å². The molecule has 2 aromatic carbocycles. The molecule has 0 atom stereocenters. The van der Waals surface area contributed by atoms with E-state index >= 15 is 0 Å². The van der Waals surface area contributed by atoms with Crippen LogP contribution >= 0.6 is 23.5 Å². The second-order valence-electron chi connectivity index (χ2n) is 11.5. The molecule has 0 N–H and O–H groups in total. The maximum Gasteiger partial charge on any atom is 0.132 e. The van der Waals surface area contributed by atoms with E-state index in [-0.39, 0.29) is 20.3 Å². The average Bonchev–Trinajstić information content (AvgIpc) is 2.66. The minimum Gasteiger partial charge on any atom is -0.496 e. The summed E-state index contributed by atoms with van der Waals surface area (Å²) in [5.74, 6) is 1.90. The van der Waals surface area contributed by atoms with Crippen LogP contribution in [0.1, 0.15) is 80.4 Å². The van der Waals surface area contributed by atoms with Crippen molar-refractivity contribution in [3.63, 3.8) is 0 Å². The van der Waals surface area contributed by atoms with E-state index in [1.165, 1.54) is 20.9 Å². The Bertz CT molecular complexity index is 854. The smallest absolute Gasteiger partial charge is 0.132 e. The fourth-order valence-electron chi connectivity index (χ4n) is 3.23. The van der Waals surface area contributed by atoms with Crippen molar-refractivity contribution in [1.29, 1.82) is 0 Å². The highest BCUT2D eigenvalue weighted by molar-refractivity contribution is 8.05. The zero-order valence-corrected chi connectivity index (χ0v) is 23.7. The first-order valence-electron chi connectivity index (χ1n) is 11.3. The van der Waals surface area contributed by atoms with Gasteiger partial charge in [0.05, 0.1) is 14.2 Å². The Morgan fingerprint density at radius 1 is 0.531 bits per heavy atom. The van der Waals surface area contributed by atoms with Crippen LogP contribution in [-0.4, -0.2) is 23.7 Å². The van der Waals surface area contributed by atoms with Gasteiger partial charge in [-0.3, -0.25) is 0 Å². The van der Waals surface area contributed by atoms with Crippen LogP contribution < -0.4 is 9.47 Å². The number of thioether (sulfide) groups is 2. The van der Waals surface area contributed by atoms with Gasteiger partial charge in [0.1, 0.15) is 11.5 Å². The lowest BCUT2D eigenvalue weighted by Gasteiger charge is -2.41. The van der Waals surface area contributed by atoms with Crippen molar-refractivity contribution in [2.45, 2.75) is 99.4 Å². The van der Waals surface area contributed by atoms with E-state index in [4.69, 9.17) is 9.47 Å². The van der Waals surface area contributed by atoms with Crippen molar-refractivity contribution in [3.8, 4) is 11.5 Å². The number of ether oxygens (including phenoxy) is 2. The molecule has 0 saturated carbocycles. The summed E-state index contributed by atoms with van der Waals surface area (Å²) in [5, 5.41) is 0. The molecule has 0 amide bonds. The van der Waals surface area contributed by atoms with Crippen LogP contribution in [0.3, 0.4) is 0 Å². The van der Waals surface area contributed by atoms with Crippen molar-refractivity contribution >= 4 is 23.5 Å². The monoisotopic (exact) mass is 474 g/mol. The van der Waals surface area contributed by atoms with Crippen LogP contribution in [-0.2, 0) is 10.8 Å². The van der Waals surface area contributed by atoms with Gasteiger partial charge in [-0.1, -0.05) is 53.7 Å². The van der Waals surface area contributed by atoms with Crippen LogP contribution in [0, 0.1) is 0 Å². The van der Waals surface area contributed by atoms with Crippen LogP contribution in [0.15, 0.2) is 46.2 Å². The van der Waals surface area contributed by atoms with Crippen LogP contribution in [0.2, 0.25) is 0 Å². The third-order valence-corrected chi connectivity index (χ3v) is 9.52. The van der Waals surface area contributed by atoms with Gasteiger partial charge in [0.2, 0.25) is 0 Å². The van der Waals surface area contributed by atoms with Crippen LogP contribution in [0.5, 0.6) is 11.5 Å². The van der Waals surface area contributed by atoms with Crippen molar-refractivity contribution in [3.05, 3.63) is 47.5 Å². The van der Waals surface area contributed by atoms with Gasteiger partial charge < -0.3 is 9.47 Å². The molecule has 0 saturated heterocycles. The molecule has 2 aromatic rings. The van der Waals surface area contributed by atoms with Gasteiger partial charge in [-0.25, -0.2) is 0 Å². The zero-order valence-electron chi connectivity index (χ0n) is 22.1. The molecule has 0 fully saturated rings. The van der Waals surface area contributed by atoms with Gasteiger partial charge in [0.15, 0.2) is 0 Å². The minimum atomic E-state index is -0.0676. The van der Waals surface area contributed by atoms with Crippen LogP contribution in [0.4, 0.5) is 0 Å². The topological polar surface area (TPSA) is 18.5 Å². The minimum absolute atomic E-state index is 0.0676. The van der Waals surface area contributed by atoms with Gasteiger partial charge >= 0.3 is 0 Å². The average molecular weight is 475 g/mol. The summed E-state index contributed by atoms with van der Waals surface area (Å²) in [5.41, 5.74) is 2.76. The maximum atomic E-state index is 5.79. The van der Waals surface area contributed by atoms with Gasteiger partial charge in [0, 0.05) is 19.3 Å². The summed E-state index contributed by atoms with van der Waals surface area (Å²) >= 11 is 3.75. The molecule has 0 aromatic heterocycles. The number of methoxy groups -OCH3 is 2. The third-order valence-electron chi connectivity index (χ3n) is 6.24. The van der Waals surface area contributed by atoms with Crippen LogP contribution in [0.25, 0.3) is 0 Å². The Morgan fingerprint density at radius 3 is 1.09 bits per heavy atom. The number of benzene rings is 2. The van der Waals surface area contributed by atoms with Gasteiger partial charge in [-0.05, 0) is 73.9 Å². The molecule has 0 radical (unpaired) electrons. The van der Waals surface area contributed by atoms with E-state index in [0.717, 1.165) is 11.5 Å². The highest BCUT2D eigenvalue weighted by atomic mass is 32.2. The van der Waals surface area contributed by atoms with E-state index in [0.29, 0.717) is 0 Å². The van der Waals surface area contributed by atoms with E-state index in [1.54, 1.807) is 14.2 Å². The molecule has 2 rings (SSSR count). The Kier molecular flexibility index (Phi) is 8.05. The summed E-state index contributed by atoms with van der Waals surface area (Å²) in [6, 6.07) is 13.3. The Morgan fingerprint density at radius 2 is 0.844 bits per heavy atom. The van der Waals surface area contributed by atoms with Gasteiger partial charge in [-0.15, -0.1) is 23.5 Å². The summed E-state index contributed by atoms with van der Waals surface area (Å²) in [6.07, 6.45) is 0. The molecule has 0 aliphatic carbocycles. The third kappa shape index (κ3) is 6.20. The fourth-order valence-corrected chi connectivity index (χ4v) is 5.83. The predicted octanol–water partition coefficient (Wildman–Crippen LogP) is 8.74. The van der Waals surface area contributed by atoms with E-state index in [2.05, 4.69) is 106 Å². The molecule has 0 spiro atoms. The SMILES string of the molecule is COc1cc(C(C)(C)C)ccc1SC(C)(C)C(C)(C)Sc1ccc(C(C)(C)C)cc1OC. The molecule has 2 nitrogen and oxygen atoms in total. The first kappa shape index (κ1) is 27.0. The molecule has 0 bridgehead atoms. The molecule has 178 valence electrons. The van der Waals surface area contributed by atoms with E-state index in [1.807, 2.05) is 23.5 Å². The normalized spacial score (nSPS) is 13.2. The first-order chi connectivity index (χ1) is 14.5. The van der Waals surface area contributed by atoms with Gasteiger partial charge in [0.25, 0.3) is 0 Å². The van der Waals surface area contributed by atoms with Crippen molar-refractivity contribution < 1.29 is 9.47 Å². The molecule has 0 heterocycles. The lowest BCUT2D eigenvalue weighted by Crippen LogP contribution is -2.39. The molecule has 32 heavy (non-hydrogen) atoms. The standard InChI is InChI=1S/C28H42O2S2/c1-25(2,3)19-13-15-23(21(17-19)29-11)31-27(7,8)28(9,10)32-24-16-14-20(26(4,5)6)18-22(24)30-12/h13-18H,1-12H3. The molecular formula is C28H42O2S2. The Labute approximate surface area is 205 Å². The fraction of sp³-hybridized carbons (Fsp3) is 0.571. The number of hydrogen-bond acceptors (Lipinski definition) is 4. The summed E-state index contributed by atoms with van der Waals surface area (Å²) in [6.45, 7) is 22.7. The number of rotatable bonds is 7.